The van der Waals surface area contributed by atoms with E-state index < -0.39 is 15.7 Å². The molecule has 0 spiro atoms. The number of alkyl halides is 2. The van der Waals surface area contributed by atoms with E-state index in [4.69, 9.17) is 37.4 Å². The van der Waals surface area contributed by atoms with Crippen LogP contribution in [0.15, 0.2) is 78.9 Å². The average Bonchev–Trinajstić information content (AvgIpc) is 3.37. The summed E-state index contributed by atoms with van der Waals surface area (Å²) in [4.78, 5) is 13.0. The zero-order valence-electron chi connectivity index (χ0n) is 17.0. The molecule has 0 amide bonds. The van der Waals surface area contributed by atoms with Crippen molar-refractivity contribution in [1.82, 2.24) is 0 Å². The predicted octanol–water partition coefficient (Wildman–Crippen LogP) is 6.44. The lowest BCUT2D eigenvalue weighted by Crippen LogP contribution is -2.28. The first-order valence-corrected chi connectivity index (χ1v) is 10.8. The topological polar surface area (TPSA) is 44.8 Å². The third-order valence-corrected chi connectivity index (χ3v) is 6.15. The summed E-state index contributed by atoms with van der Waals surface area (Å²) in [5, 5.41) is 0. The first-order chi connectivity index (χ1) is 14.9. The maximum Gasteiger partial charge on any atom is 0.320 e. The number of rotatable bonds is 8. The van der Waals surface area contributed by atoms with Crippen LogP contribution in [0.5, 0.6) is 17.2 Å². The lowest BCUT2D eigenvalue weighted by Gasteiger charge is -2.18. The van der Waals surface area contributed by atoms with Crippen molar-refractivity contribution in [3.05, 3.63) is 90.0 Å². The molecule has 4 rings (SSSR count). The third kappa shape index (κ3) is 4.51. The Morgan fingerprint density at radius 3 is 2.23 bits per heavy atom. The van der Waals surface area contributed by atoms with Gasteiger partial charge in [-0.2, -0.15) is 0 Å². The van der Waals surface area contributed by atoms with Gasteiger partial charge in [0, 0.05) is 6.42 Å². The van der Waals surface area contributed by atoms with E-state index in [1.165, 1.54) is 0 Å². The molecule has 3 aromatic rings. The standard InChI is InChI=1S/C25H22Cl2O4/c1-2-29-20-13-11-19(12-14-20)24(17-25(24,26)27)23(28)30-16-18-7-6-10-22(15-18)31-21-8-4-3-5-9-21/h3-15H,2,16-17H2,1H3/t24-/m1/s1. The van der Waals surface area contributed by atoms with Crippen LogP contribution in [-0.4, -0.2) is 16.9 Å². The molecule has 0 N–H and O–H groups in total. The van der Waals surface area contributed by atoms with Crippen LogP contribution >= 0.6 is 23.2 Å². The summed E-state index contributed by atoms with van der Waals surface area (Å²) in [7, 11) is 0. The van der Waals surface area contributed by atoms with Gasteiger partial charge in [0.2, 0.25) is 0 Å². The highest BCUT2D eigenvalue weighted by molar-refractivity contribution is 6.54. The minimum atomic E-state index is -1.20. The molecule has 4 nitrogen and oxygen atoms in total. The number of carbonyl (C=O) groups is 1. The number of ether oxygens (including phenoxy) is 3. The molecule has 1 aliphatic carbocycles. The summed E-state index contributed by atoms with van der Waals surface area (Å²) < 4.78 is 15.8. The zero-order valence-corrected chi connectivity index (χ0v) is 18.5. The Bertz CT molecular complexity index is 1050. The maximum absolute atomic E-state index is 13.0. The molecular weight excluding hydrogens is 435 g/mol. The van der Waals surface area contributed by atoms with E-state index in [1.54, 1.807) is 12.1 Å². The van der Waals surface area contributed by atoms with Gasteiger partial charge in [0.15, 0.2) is 0 Å². The van der Waals surface area contributed by atoms with Crippen molar-refractivity contribution in [2.24, 2.45) is 0 Å². The highest BCUT2D eigenvalue weighted by Crippen LogP contribution is 2.65. The van der Waals surface area contributed by atoms with Gasteiger partial charge in [-0.15, -0.1) is 0 Å². The second-order valence-electron chi connectivity index (χ2n) is 7.38. The molecule has 6 heteroatoms. The third-order valence-electron chi connectivity index (χ3n) is 5.24. The SMILES string of the molecule is CCOc1ccc([C@@]2(C(=O)OCc3cccc(Oc4ccccc4)c3)CC2(Cl)Cl)cc1. The van der Waals surface area contributed by atoms with Gasteiger partial charge in [-0.05, 0) is 54.4 Å². The number of carbonyl (C=O) groups excluding carboxylic acids is 1. The molecule has 0 aromatic heterocycles. The van der Waals surface area contributed by atoms with Crippen LogP contribution in [-0.2, 0) is 21.6 Å². The van der Waals surface area contributed by atoms with Crippen LogP contribution in [0.3, 0.4) is 0 Å². The van der Waals surface area contributed by atoms with Crippen molar-refractivity contribution in [2.45, 2.75) is 29.7 Å². The Hall–Kier alpha value is -2.69. The Balaban J connectivity index is 1.45. The number of esters is 1. The van der Waals surface area contributed by atoms with Gasteiger partial charge in [-0.1, -0.05) is 65.7 Å². The van der Waals surface area contributed by atoms with E-state index in [0.717, 1.165) is 17.1 Å². The fraction of sp³-hybridized carbons (Fsp3) is 0.240. The van der Waals surface area contributed by atoms with Crippen LogP contribution in [0, 0.1) is 0 Å². The van der Waals surface area contributed by atoms with E-state index in [9.17, 15) is 4.79 Å². The quantitative estimate of drug-likeness (QED) is 0.289. The second-order valence-corrected chi connectivity index (χ2v) is 8.87. The van der Waals surface area contributed by atoms with Crippen LogP contribution in [0.25, 0.3) is 0 Å². The molecule has 0 heterocycles. The van der Waals surface area contributed by atoms with Crippen molar-refractivity contribution in [2.75, 3.05) is 6.61 Å². The Kier molecular flexibility index (Phi) is 6.12. The Labute approximate surface area is 191 Å². The maximum atomic E-state index is 13.0. The molecule has 1 saturated carbocycles. The average molecular weight is 457 g/mol. The second kappa shape index (κ2) is 8.81. The van der Waals surface area contributed by atoms with Gasteiger partial charge in [0.25, 0.3) is 0 Å². The number of para-hydroxylation sites is 1. The fourth-order valence-corrected chi connectivity index (χ4v) is 4.31. The largest absolute Gasteiger partial charge is 0.494 e. The van der Waals surface area contributed by atoms with Gasteiger partial charge < -0.3 is 14.2 Å². The number of benzene rings is 3. The van der Waals surface area contributed by atoms with Crippen LogP contribution in [0.4, 0.5) is 0 Å². The Morgan fingerprint density at radius 1 is 0.903 bits per heavy atom. The molecule has 3 aromatic carbocycles. The first-order valence-electron chi connectivity index (χ1n) is 10.0. The summed E-state index contributed by atoms with van der Waals surface area (Å²) in [6, 6.07) is 24.1. The van der Waals surface area contributed by atoms with Gasteiger partial charge in [0.1, 0.15) is 33.6 Å². The predicted molar refractivity (Wildman–Crippen MR) is 121 cm³/mol. The van der Waals surface area contributed by atoms with E-state index in [0.29, 0.717) is 24.3 Å². The molecule has 0 saturated heterocycles. The van der Waals surface area contributed by atoms with Gasteiger partial charge in [-0.25, -0.2) is 0 Å². The van der Waals surface area contributed by atoms with E-state index in [2.05, 4.69) is 0 Å². The van der Waals surface area contributed by atoms with Gasteiger partial charge >= 0.3 is 5.97 Å². The molecule has 1 atom stereocenters. The summed E-state index contributed by atoms with van der Waals surface area (Å²) in [6.45, 7) is 2.57. The number of hydrogen-bond acceptors (Lipinski definition) is 4. The molecular formula is C25H22Cl2O4. The van der Waals surface area contributed by atoms with Crippen molar-refractivity contribution in [3.8, 4) is 17.2 Å². The highest BCUT2D eigenvalue weighted by atomic mass is 35.5. The molecule has 0 unspecified atom stereocenters. The summed E-state index contributed by atoms with van der Waals surface area (Å²) in [6.07, 6.45) is 0.299. The van der Waals surface area contributed by atoms with Crippen molar-refractivity contribution < 1.29 is 19.0 Å². The van der Waals surface area contributed by atoms with Crippen LogP contribution in [0.2, 0.25) is 0 Å². The monoisotopic (exact) mass is 456 g/mol. The van der Waals surface area contributed by atoms with Gasteiger partial charge in [0.05, 0.1) is 6.61 Å². The van der Waals surface area contributed by atoms with Crippen molar-refractivity contribution in [1.29, 1.82) is 0 Å². The molecule has 0 radical (unpaired) electrons. The molecule has 31 heavy (non-hydrogen) atoms. The molecule has 1 aliphatic rings. The minimum Gasteiger partial charge on any atom is -0.494 e. The van der Waals surface area contributed by atoms with Crippen molar-refractivity contribution in [3.63, 3.8) is 0 Å². The smallest absolute Gasteiger partial charge is 0.320 e. The van der Waals surface area contributed by atoms with Crippen LogP contribution < -0.4 is 9.47 Å². The minimum absolute atomic E-state index is 0.0907. The van der Waals surface area contributed by atoms with E-state index in [1.807, 2.05) is 73.7 Å². The lowest BCUT2D eigenvalue weighted by atomic mass is 9.96. The summed E-state index contributed by atoms with van der Waals surface area (Å²) >= 11 is 12.8. The van der Waals surface area contributed by atoms with E-state index >= 15 is 0 Å². The Morgan fingerprint density at radius 2 is 1.58 bits per heavy atom. The van der Waals surface area contributed by atoms with Crippen LogP contribution in [0.1, 0.15) is 24.5 Å². The lowest BCUT2D eigenvalue weighted by molar-refractivity contribution is -0.148. The van der Waals surface area contributed by atoms with Crippen molar-refractivity contribution >= 4 is 29.2 Å². The number of hydrogen-bond donors (Lipinski definition) is 0. The summed E-state index contributed by atoms with van der Waals surface area (Å²) in [5.41, 5.74) is 0.435. The molecule has 1 fully saturated rings. The first kappa shape index (κ1) is 21.5. The zero-order chi connectivity index (χ0) is 21.9. The molecule has 160 valence electrons. The fourth-order valence-electron chi connectivity index (χ4n) is 3.54. The van der Waals surface area contributed by atoms with Gasteiger partial charge in [-0.3, -0.25) is 4.79 Å². The molecule has 0 bridgehead atoms. The highest BCUT2D eigenvalue weighted by Gasteiger charge is 2.73. The summed E-state index contributed by atoms with van der Waals surface area (Å²) in [5.74, 6) is 1.67. The number of halogens is 2. The van der Waals surface area contributed by atoms with E-state index in [-0.39, 0.29) is 6.61 Å². The molecule has 0 aliphatic heterocycles. The normalized spacial score (nSPS) is 18.8.